The molecule has 14 heavy (non-hydrogen) atoms. The van der Waals surface area contributed by atoms with Crippen molar-refractivity contribution in [2.24, 2.45) is 27.2 Å². The van der Waals surface area contributed by atoms with Gasteiger partial charge in [-0.15, -0.1) is 0 Å². The lowest BCUT2D eigenvalue weighted by Gasteiger charge is -1.94. The first-order chi connectivity index (χ1) is 6.59. The Morgan fingerprint density at radius 3 is 2.71 bits per heavy atom. The first-order valence-corrected chi connectivity index (χ1v) is 3.88. The Labute approximate surface area is 80.7 Å². The Morgan fingerprint density at radius 2 is 2.21 bits per heavy atom. The molecule has 1 heterocycles. The van der Waals surface area contributed by atoms with Crippen molar-refractivity contribution in [2.45, 2.75) is 13.5 Å². The summed E-state index contributed by atoms with van der Waals surface area (Å²) in [7, 11) is 0. The van der Waals surface area contributed by atoms with Gasteiger partial charge in [-0.25, -0.2) is 9.98 Å². The normalized spacial score (nSPS) is 11.4. The number of aryl methyl sites for hydroxylation is 1. The van der Waals surface area contributed by atoms with E-state index in [-0.39, 0.29) is 11.9 Å². The Balaban J connectivity index is 2.64. The summed E-state index contributed by atoms with van der Waals surface area (Å²) >= 11 is 0. The Bertz CT molecular complexity index is 362. The van der Waals surface area contributed by atoms with Crippen LogP contribution >= 0.6 is 0 Å². The number of oxazole rings is 1. The van der Waals surface area contributed by atoms with E-state index in [1.807, 2.05) is 0 Å². The second-order valence-corrected chi connectivity index (χ2v) is 2.57. The third-order valence-corrected chi connectivity index (χ3v) is 1.48. The molecule has 6 N–H and O–H groups in total. The van der Waals surface area contributed by atoms with Crippen LogP contribution in [-0.2, 0) is 6.54 Å². The van der Waals surface area contributed by atoms with Crippen LogP contribution in [0.3, 0.4) is 0 Å². The molecule has 0 amide bonds. The highest BCUT2D eigenvalue weighted by Crippen LogP contribution is 2.05. The molecular weight excluding hydrogens is 184 g/mol. The molecule has 0 unspecified atom stereocenters. The number of aliphatic imine (C=N–C) groups is 2. The van der Waals surface area contributed by atoms with E-state index in [1.165, 1.54) is 6.39 Å². The van der Waals surface area contributed by atoms with E-state index in [2.05, 4.69) is 15.0 Å². The van der Waals surface area contributed by atoms with Crippen molar-refractivity contribution in [1.82, 2.24) is 4.98 Å². The van der Waals surface area contributed by atoms with Crippen LogP contribution in [0.2, 0.25) is 0 Å². The minimum atomic E-state index is -0.122. The molecule has 0 aliphatic carbocycles. The van der Waals surface area contributed by atoms with Crippen molar-refractivity contribution in [1.29, 1.82) is 0 Å². The Morgan fingerprint density at radius 1 is 1.50 bits per heavy atom. The molecule has 0 bridgehead atoms. The number of rotatable bonds is 2. The van der Waals surface area contributed by atoms with E-state index >= 15 is 0 Å². The van der Waals surface area contributed by atoms with Crippen molar-refractivity contribution in [3.8, 4) is 0 Å². The fourth-order valence-electron chi connectivity index (χ4n) is 0.804. The molecule has 0 saturated carbocycles. The first kappa shape index (κ1) is 10.0. The molecule has 0 fully saturated rings. The van der Waals surface area contributed by atoms with Crippen LogP contribution in [0.1, 0.15) is 11.5 Å². The lowest BCUT2D eigenvalue weighted by atomic mass is 10.4. The zero-order valence-corrected chi connectivity index (χ0v) is 7.77. The lowest BCUT2D eigenvalue weighted by molar-refractivity contribution is 0.524. The smallest absolute Gasteiger partial charge is 0.218 e. The molecule has 1 aromatic heterocycles. The van der Waals surface area contributed by atoms with Gasteiger partial charge in [0.2, 0.25) is 5.96 Å². The maximum absolute atomic E-state index is 5.39. The predicted octanol–water partition coefficient (Wildman–Crippen LogP) is -0.929. The average molecular weight is 196 g/mol. The largest absolute Gasteiger partial charge is 0.448 e. The van der Waals surface area contributed by atoms with Crippen molar-refractivity contribution < 1.29 is 4.42 Å². The number of hydrogen-bond donors (Lipinski definition) is 3. The molecule has 0 saturated heterocycles. The average Bonchev–Trinajstić information content (AvgIpc) is 2.46. The van der Waals surface area contributed by atoms with Gasteiger partial charge in [-0.3, -0.25) is 0 Å². The van der Waals surface area contributed by atoms with Crippen molar-refractivity contribution in [3.63, 3.8) is 0 Å². The van der Waals surface area contributed by atoms with Crippen LogP contribution in [0.4, 0.5) is 0 Å². The van der Waals surface area contributed by atoms with Gasteiger partial charge in [-0.2, -0.15) is 4.99 Å². The summed E-state index contributed by atoms with van der Waals surface area (Å²) in [5.41, 5.74) is 16.3. The second-order valence-electron chi connectivity index (χ2n) is 2.57. The monoisotopic (exact) mass is 196 g/mol. The molecule has 0 aliphatic heterocycles. The van der Waals surface area contributed by atoms with Gasteiger partial charge >= 0.3 is 0 Å². The molecule has 76 valence electrons. The van der Waals surface area contributed by atoms with Crippen molar-refractivity contribution in [2.75, 3.05) is 0 Å². The van der Waals surface area contributed by atoms with Crippen molar-refractivity contribution in [3.05, 3.63) is 17.8 Å². The number of guanidine groups is 2. The Kier molecular flexibility index (Phi) is 3.05. The third-order valence-electron chi connectivity index (χ3n) is 1.48. The van der Waals surface area contributed by atoms with Gasteiger partial charge in [-0.1, -0.05) is 0 Å². The molecule has 1 rings (SSSR count). The summed E-state index contributed by atoms with van der Waals surface area (Å²) in [6.07, 6.45) is 1.34. The van der Waals surface area contributed by atoms with E-state index < -0.39 is 0 Å². The summed E-state index contributed by atoms with van der Waals surface area (Å²) < 4.78 is 4.97. The van der Waals surface area contributed by atoms with Crippen LogP contribution in [-0.4, -0.2) is 16.9 Å². The van der Waals surface area contributed by atoms with Crippen LogP contribution in [0.5, 0.6) is 0 Å². The summed E-state index contributed by atoms with van der Waals surface area (Å²) in [5, 5.41) is 0. The van der Waals surface area contributed by atoms with Crippen molar-refractivity contribution >= 4 is 11.9 Å². The summed E-state index contributed by atoms with van der Waals surface area (Å²) in [6.45, 7) is 2.08. The molecule has 0 aliphatic rings. The molecule has 0 atom stereocenters. The van der Waals surface area contributed by atoms with Gasteiger partial charge in [0.1, 0.15) is 11.5 Å². The molecule has 0 aromatic carbocycles. The zero-order chi connectivity index (χ0) is 10.6. The highest BCUT2D eigenvalue weighted by Gasteiger charge is 2.01. The van der Waals surface area contributed by atoms with E-state index in [4.69, 9.17) is 21.6 Å². The molecule has 1 aromatic rings. The molecule has 0 spiro atoms. The summed E-state index contributed by atoms with van der Waals surface area (Å²) in [5.74, 6) is 0.599. The first-order valence-electron chi connectivity index (χ1n) is 3.88. The summed E-state index contributed by atoms with van der Waals surface area (Å²) in [4.78, 5) is 11.4. The van der Waals surface area contributed by atoms with E-state index in [0.717, 1.165) is 0 Å². The highest BCUT2D eigenvalue weighted by molar-refractivity contribution is 5.92. The predicted molar refractivity (Wildman–Crippen MR) is 52.4 cm³/mol. The van der Waals surface area contributed by atoms with Gasteiger partial charge < -0.3 is 21.6 Å². The van der Waals surface area contributed by atoms with Gasteiger partial charge in [0.25, 0.3) is 0 Å². The maximum atomic E-state index is 5.39. The van der Waals surface area contributed by atoms with Gasteiger partial charge in [-0.05, 0) is 6.92 Å². The second kappa shape index (κ2) is 4.26. The van der Waals surface area contributed by atoms with Crippen LogP contribution in [0, 0.1) is 6.92 Å². The standard InChI is InChI=1S/C7H12N6O/c1-4-5(12-3-14-4)2-11-7(10)13-6(8)9/h3H,2H2,1H3,(H6,8,9,10,11,13). The molecule has 0 radical (unpaired) electrons. The number of aromatic nitrogens is 1. The Hall–Kier alpha value is -2.05. The topological polar surface area (TPSA) is 129 Å². The maximum Gasteiger partial charge on any atom is 0.218 e. The van der Waals surface area contributed by atoms with Crippen LogP contribution < -0.4 is 17.2 Å². The van der Waals surface area contributed by atoms with Crippen LogP contribution in [0.25, 0.3) is 0 Å². The molecular formula is C7H12N6O. The highest BCUT2D eigenvalue weighted by atomic mass is 16.3. The van der Waals surface area contributed by atoms with E-state index in [1.54, 1.807) is 6.92 Å². The summed E-state index contributed by atoms with van der Waals surface area (Å²) in [6, 6.07) is 0. The third kappa shape index (κ3) is 2.77. The van der Waals surface area contributed by atoms with E-state index in [0.29, 0.717) is 18.0 Å². The van der Waals surface area contributed by atoms with Gasteiger partial charge in [0.05, 0.1) is 6.54 Å². The molecule has 7 heteroatoms. The SMILES string of the molecule is Cc1ocnc1CN=C(N)N=C(N)N. The minimum Gasteiger partial charge on any atom is -0.448 e. The molecule has 7 nitrogen and oxygen atoms in total. The zero-order valence-electron chi connectivity index (χ0n) is 7.77. The number of nitrogens with two attached hydrogens (primary N) is 3. The van der Waals surface area contributed by atoms with Gasteiger partial charge in [0, 0.05) is 0 Å². The van der Waals surface area contributed by atoms with Crippen LogP contribution in [0.15, 0.2) is 20.8 Å². The van der Waals surface area contributed by atoms with E-state index in [9.17, 15) is 0 Å². The fourth-order valence-corrected chi connectivity index (χ4v) is 0.804. The number of hydrogen-bond acceptors (Lipinski definition) is 3. The fraction of sp³-hybridized carbons (Fsp3) is 0.286. The lowest BCUT2D eigenvalue weighted by Crippen LogP contribution is -2.26. The minimum absolute atomic E-state index is 0.0207. The van der Waals surface area contributed by atoms with Gasteiger partial charge in [0.15, 0.2) is 12.4 Å². The quantitative estimate of drug-likeness (QED) is 0.415. The number of nitrogens with zero attached hydrogens (tertiary/aromatic N) is 3.